The number of nitrogens with zero attached hydrogens (tertiary/aromatic N) is 1. The van der Waals surface area contributed by atoms with Gasteiger partial charge in [-0.15, -0.1) is 6.58 Å². The zero-order valence-corrected chi connectivity index (χ0v) is 6.92. The van der Waals surface area contributed by atoms with E-state index < -0.39 is 0 Å². The molecule has 0 aliphatic carbocycles. The third kappa shape index (κ3) is 1.09. The van der Waals surface area contributed by atoms with E-state index in [0.717, 1.165) is 6.61 Å². The van der Waals surface area contributed by atoms with Crippen molar-refractivity contribution in [2.24, 2.45) is 0 Å². The molecule has 2 nitrogen and oxygen atoms in total. The Labute approximate surface area is 62.5 Å². The second-order valence-electron chi connectivity index (χ2n) is 3.17. The standard InChI is InChI=1S/C8H15NO/c1-5-7-6-10-8(2,3)9(7)4/h5,7H,1,6H2,2-4H3/t7-/m0/s1. The maximum absolute atomic E-state index is 5.51. The van der Waals surface area contributed by atoms with Gasteiger partial charge in [-0.05, 0) is 20.9 Å². The molecular formula is C8H15NO. The molecule has 2 heteroatoms. The van der Waals surface area contributed by atoms with Gasteiger partial charge < -0.3 is 4.74 Å². The zero-order chi connectivity index (χ0) is 7.78. The van der Waals surface area contributed by atoms with Gasteiger partial charge in [0.05, 0.1) is 12.6 Å². The van der Waals surface area contributed by atoms with Crippen LogP contribution in [-0.2, 0) is 4.74 Å². The Kier molecular flexibility index (Phi) is 1.84. The summed E-state index contributed by atoms with van der Waals surface area (Å²) in [6.45, 7) is 8.64. The number of hydrogen-bond donors (Lipinski definition) is 0. The van der Waals surface area contributed by atoms with Crippen LogP contribution >= 0.6 is 0 Å². The first-order valence-electron chi connectivity index (χ1n) is 3.57. The first-order chi connectivity index (χ1) is 4.58. The highest BCUT2D eigenvalue weighted by molar-refractivity contribution is 4.94. The van der Waals surface area contributed by atoms with Crippen LogP contribution in [0.5, 0.6) is 0 Å². The van der Waals surface area contributed by atoms with E-state index in [-0.39, 0.29) is 5.72 Å². The predicted molar refractivity (Wildman–Crippen MR) is 41.8 cm³/mol. The molecule has 1 aliphatic heterocycles. The van der Waals surface area contributed by atoms with E-state index in [9.17, 15) is 0 Å². The predicted octanol–water partition coefficient (Wildman–Crippen LogP) is 1.24. The number of rotatable bonds is 1. The molecule has 10 heavy (non-hydrogen) atoms. The quantitative estimate of drug-likeness (QED) is 0.509. The minimum absolute atomic E-state index is 0.112. The van der Waals surface area contributed by atoms with Crippen molar-refractivity contribution in [2.75, 3.05) is 13.7 Å². The summed E-state index contributed by atoms with van der Waals surface area (Å²) >= 11 is 0. The minimum Gasteiger partial charge on any atom is -0.359 e. The summed E-state index contributed by atoms with van der Waals surface area (Å²) in [5.41, 5.74) is -0.112. The molecule has 0 aromatic heterocycles. The van der Waals surface area contributed by atoms with Gasteiger partial charge in [-0.25, -0.2) is 0 Å². The van der Waals surface area contributed by atoms with Crippen LogP contribution in [0.25, 0.3) is 0 Å². The lowest BCUT2D eigenvalue weighted by Gasteiger charge is -2.28. The molecule has 1 saturated heterocycles. The first-order valence-corrected chi connectivity index (χ1v) is 3.57. The summed E-state index contributed by atoms with van der Waals surface area (Å²) in [7, 11) is 2.05. The average molecular weight is 141 g/mol. The summed E-state index contributed by atoms with van der Waals surface area (Å²) in [5.74, 6) is 0. The number of ether oxygens (including phenoxy) is 1. The maximum atomic E-state index is 5.51. The van der Waals surface area contributed by atoms with Gasteiger partial charge in [0.25, 0.3) is 0 Å². The summed E-state index contributed by atoms with van der Waals surface area (Å²) < 4.78 is 5.51. The van der Waals surface area contributed by atoms with Crippen LogP contribution in [0.4, 0.5) is 0 Å². The molecule has 0 unspecified atom stereocenters. The van der Waals surface area contributed by atoms with Crippen molar-refractivity contribution in [3.63, 3.8) is 0 Å². The van der Waals surface area contributed by atoms with E-state index in [0.29, 0.717) is 6.04 Å². The second-order valence-corrected chi connectivity index (χ2v) is 3.17. The van der Waals surface area contributed by atoms with Gasteiger partial charge in [0, 0.05) is 0 Å². The molecule has 0 saturated carbocycles. The molecule has 1 rings (SSSR count). The molecule has 0 N–H and O–H groups in total. The summed E-state index contributed by atoms with van der Waals surface area (Å²) in [5, 5.41) is 0. The molecule has 1 fully saturated rings. The first kappa shape index (κ1) is 7.76. The molecule has 0 spiro atoms. The minimum atomic E-state index is -0.112. The van der Waals surface area contributed by atoms with E-state index in [4.69, 9.17) is 4.74 Å². The maximum Gasteiger partial charge on any atom is 0.116 e. The van der Waals surface area contributed by atoms with E-state index in [1.807, 2.05) is 6.08 Å². The Morgan fingerprint density at radius 3 is 2.50 bits per heavy atom. The fourth-order valence-corrected chi connectivity index (χ4v) is 1.13. The summed E-state index contributed by atoms with van der Waals surface area (Å²) in [6, 6.07) is 0.384. The normalized spacial score (nSPS) is 32.5. The molecule has 0 aromatic carbocycles. The Hall–Kier alpha value is -0.340. The fraction of sp³-hybridized carbons (Fsp3) is 0.750. The van der Waals surface area contributed by atoms with Crippen molar-refractivity contribution in [3.05, 3.63) is 12.7 Å². The lowest BCUT2D eigenvalue weighted by molar-refractivity contribution is -0.0401. The number of likely N-dealkylation sites (N-methyl/N-ethyl adjacent to an activating group) is 1. The highest BCUT2D eigenvalue weighted by Gasteiger charge is 2.35. The molecular weight excluding hydrogens is 126 g/mol. The van der Waals surface area contributed by atoms with Crippen molar-refractivity contribution < 1.29 is 4.74 Å². The molecule has 0 amide bonds. The van der Waals surface area contributed by atoms with E-state index in [2.05, 4.69) is 32.4 Å². The Morgan fingerprint density at radius 2 is 2.30 bits per heavy atom. The van der Waals surface area contributed by atoms with Gasteiger partial charge in [0.15, 0.2) is 0 Å². The molecule has 58 valence electrons. The van der Waals surface area contributed by atoms with E-state index in [1.165, 1.54) is 0 Å². The third-order valence-corrected chi connectivity index (χ3v) is 2.23. The highest BCUT2D eigenvalue weighted by atomic mass is 16.5. The van der Waals surface area contributed by atoms with Crippen molar-refractivity contribution >= 4 is 0 Å². The lowest BCUT2D eigenvalue weighted by atomic mass is 10.2. The summed E-state index contributed by atoms with van der Waals surface area (Å²) in [6.07, 6.45) is 1.93. The summed E-state index contributed by atoms with van der Waals surface area (Å²) in [4.78, 5) is 2.18. The van der Waals surface area contributed by atoms with Gasteiger partial charge in [-0.3, -0.25) is 4.90 Å². The van der Waals surface area contributed by atoms with Crippen LogP contribution in [-0.4, -0.2) is 30.3 Å². The molecule has 1 atom stereocenters. The van der Waals surface area contributed by atoms with Gasteiger partial charge in [0.1, 0.15) is 5.72 Å². The molecule has 1 heterocycles. The van der Waals surface area contributed by atoms with Crippen LogP contribution in [0.3, 0.4) is 0 Å². The molecule has 0 aromatic rings. The van der Waals surface area contributed by atoms with Crippen molar-refractivity contribution in [1.29, 1.82) is 0 Å². The van der Waals surface area contributed by atoms with Crippen molar-refractivity contribution in [1.82, 2.24) is 4.90 Å². The largest absolute Gasteiger partial charge is 0.359 e. The van der Waals surface area contributed by atoms with Crippen LogP contribution in [0, 0.1) is 0 Å². The van der Waals surface area contributed by atoms with Gasteiger partial charge in [0.2, 0.25) is 0 Å². The van der Waals surface area contributed by atoms with Crippen LogP contribution in [0.15, 0.2) is 12.7 Å². The average Bonchev–Trinajstić information content (AvgIpc) is 2.10. The van der Waals surface area contributed by atoms with Crippen LogP contribution in [0.1, 0.15) is 13.8 Å². The SMILES string of the molecule is C=C[C@H]1COC(C)(C)N1C. The highest BCUT2D eigenvalue weighted by Crippen LogP contribution is 2.24. The second kappa shape index (κ2) is 2.36. The lowest BCUT2D eigenvalue weighted by Crippen LogP contribution is -2.39. The van der Waals surface area contributed by atoms with Gasteiger partial charge in [-0.2, -0.15) is 0 Å². The van der Waals surface area contributed by atoms with Crippen molar-refractivity contribution in [2.45, 2.75) is 25.6 Å². The Bertz CT molecular complexity index is 142. The van der Waals surface area contributed by atoms with E-state index >= 15 is 0 Å². The fourth-order valence-electron chi connectivity index (χ4n) is 1.13. The smallest absolute Gasteiger partial charge is 0.116 e. The molecule has 0 radical (unpaired) electrons. The third-order valence-electron chi connectivity index (χ3n) is 2.23. The van der Waals surface area contributed by atoms with Crippen LogP contribution in [0.2, 0.25) is 0 Å². The molecule has 1 aliphatic rings. The Morgan fingerprint density at radius 1 is 1.70 bits per heavy atom. The number of hydrogen-bond acceptors (Lipinski definition) is 2. The zero-order valence-electron chi connectivity index (χ0n) is 6.92. The van der Waals surface area contributed by atoms with E-state index in [1.54, 1.807) is 0 Å². The van der Waals surface area contributed by atoms with Crippen molar-refractivity contribution in [3.8, 4) is 0 Å². The Balaban J connectivity index is 2.66. The van der Waals surface area contributed by atoms with Gasteiger partial charge in [-0.1, -0.05) is 6.08 Å². The van der Waals surface area contributed by atoms with Crippen LogP contribution < -0.4 is 0 Å². The topological polar surface area (TPSA) is 12.5 Å². The monoisotopic (exact) mass is 141 g/mol. The van der Waals surface area contributed by atoms with Gasteiger partial charge >= 0.3 is 0 Å². The molecule has 0 bridgehead atoms.